The maximum atomic E-state index is 6.64. The van der Waals surface area contributed by atoms with Crippen LogP contribution in [-0.4, -0.2) is 15.0 Å². The Hall–Kier alpha value is -7.69. The van der Waals surface area contributed by atoms with E-state index in [0.717, 1.165) is 49.8 Å². The molecular weight excluding hydrogens is 695 g/mol. The molecule has 0 bridgehead atoms. The summed E-state index contributed by atoms with van der Waals surface area (Å²) in [4.78, 5) is 15.4. The molecule has 4 nitrogen and oxygen atoms in total. The number of furan rings is 1. The van der Waals surface area contributed by atoms with Gasteiger partial charge in [0.25, 0.3) is 0 Å². The fourth-order valence-electron chi connectivity index (χ4n) is 8.76. The molecule has 0 amide bonds. The molecule has 0 atom stereocenters. The lowest BCUT2D eigenvalue weighted by atomic mass is 9.92. The van der Waals surface area contributed by atoms with E-state index in [1.54, 1.807) is 0 Å². The Morgan fingerprint density at radius 1 is 0.281 bits per heavy atom. The maximum absolute atomic E-state index is 6.64. The maximum Gasteiger partial charge on any atom is 0.164 e. The van der Waals surface area contributed by atoms with Crippen molar-refractivity contribution in [2.75, 3.05) is 0 Å². The van der Waals surface area contributed by atoms with Gasteiger partial charge in [0.1, 0.15) is 11.2 Å². The molecule has 0 fully saturated rings. The first-order chi connectivity index (χ1) is 28.2. The van der Waals surface area contributed by atoms with E-state index in [1.165, 1.54) is 53.9 Å². The Balaban J connectivity index is 1.02. The summed E-state index contributed by atoms with van der Waals surface area (Å²) in [5.41, 5.74) is 6.61. The highest BCUT2D eigenvalue weighted by molar-refractivity contribution is 6.26. The van der Waals surface area contributed by atoms with Crippen molar-refractivity contribution in [3.05, 3.63) is 188 Å². The second-order valence-corrected chi connectivity index (χ2v) is 14.7. The molecule has 0 aliphatic rings. The molecule has 0 N–H and O–H groups in total. The van der Waals surface area contributed by atoms with Gasteiger partial charge in [-0.05, 0) is 95.3 Å². The van der Waals surface area contributed by atoms with E-state index in [-0.39, 0.29) is 0 Å². The minimum Gasteiger partial charge on any atom is -0.456 e. The Kier molecular flexibility index (Phi) is 6.89. The number of benzene rings is 10. The van der Waals surface area contributed by atoms with Crippen molar-refractivity contribution in [1.82, 2.24) is 15.0 Å². The summed E-state index contributed by atoms with van der Waals surface area (Å²) in [5.74, 6) is 1.84. The van der Waals surface area contributed by atoms with Gasteiger partial charge in [0, 0.05) is 27.5 Å². The zero-order chi connectivity index (χ0) is 37.5. The summed E-state index contributed by atoms with van der Waals surface area (Å²) in [5, 5.41) is 14.3. The molecule has 2 aromatic heterocycles. The average Bonchev–Trinajstić information content (AvgIpc) is 3.67. The molecular formula is C53H31N3O. The first kappa shape index (κ1) is 31.6. The van der Waals surface area contributed by atoms with Crippen LogP contribution < -0.4 is 0 Å². The highest BCUT2D eigenvalue weighted by Gasteiger charge is 2.19. The molecule has 0 aliphatic carbocycles. The molecule has 12 rings (SSSR count). The van der Waals surface area contributed by atoms with Gasteiger partial charge in [0.15, 0.2) is 17.5 Å². The van der Waals surface area contributed by atoms with Crippen LogP contribution in [0.3, 0.4) is 0 Å². The Morgan fingerprint density at radius 3 is 1.56 bits per heavy atom. The van der Waals surface area contributed by atoms with Crippen LogP contribution in [0.2, 0.25) is 0 Å². The van der Waals surface area contributed by atoms with Gasteiger partial charge in [-0.25, -0.2) is 15.0 Å². The number of aromatic nitrogens is 3. The quantitative estimate of drug-likeness (QED) is 0.170. The third-order valence-corrected chi connectivity index (χ3v) is 11.5. The van der Waals surface area contributed by atoms with Crippen molar-refractivity contribution in [1.29, 1.82) is 0 Å². The molecule has 264 valence electrons. The van der Waals surface area contributed by atoms with Crippen LogP contribution in [0.5, 0.6) is 0 Å². The first-order valence-corrected chi connectivity index (χ1v) is 19.3. The Morgan fingerprint density at radius 2 is 0.807 bits per heavy atom. The highest BCUT2D eigenvalue weighted by atomic mass is 16.3. The summed E-state index contributed by atoms with van der Waals surface area (Å²) < 4.78 is 6.64. The zero-order valence-electron chi connectivity index (χ0n) is 30.6. The largest absolute Gasteiger partial charge is 0.456 e. The number of fused-ring (bicyclic) bond motifs is 12. The smallest absolute Gasteiger partial charge is 0.164 e. The summed E-state index contributed by atoms with van der Waals surface area (Å²) in [6.45, 7) is 0. The van der Waals surface area contributed by atoms with Gasteiger partial charge in [0.2, 0.25) is 0 Å². The monoisotopic (exact) mass is 725 g/mol. The lowest BCUT2D eigenvalue weighted by Gasteiger charge is -2.12. The fourth-order valence-corrected chi connectivity index (χ4v) is 8.76. The predicted molar refractivity (Wildman–Crippen MR) is 236 cm³/mol. The molecule has 0 spiro atoms. The van der Waals surface area contributed by atoms with Crippen LogP contribution in [0.25, 0.3) is 121 Å². The number of hydrogen-bond acceptors (Lipinski definition) is 4. The van der Waals surface area contributed by atoms with Gasteiger partial charge in [-0.3, -0.25) is 0 Å². The van der Waals surface area contributed by atoms with Crippen molar-refractivity contribution >= 4 is 75.8 Å². The van der Waals surface area contributed by atoms with E-state index >= 15 is 0 Å². The minimum absolute atomic E-state index is 0.600. The van der Waals surface area contributed by atoms with Crippen LogP contribution in [0.1, 0.15) is 0 Å². The van der Waals surface area contributed by atoms with E-state index in [1.807, 2.05) is 42.5 Å². The zero-order valence-corrected chi connectivity index (χ0v) is 30.6. The van der Waals surface area contributed by atoms with Crippen molar-refractivity contribution in [2.45, 2.75) is 0 Å². The Labute approximate surface area is 327 Å². The van der Waals surface area contributed by atoms with Gasteiger partial charge in [0.05, 0.1) is 0 Å². The standard InChI is InChI=1S/C53H31N3O/c1-2-12-34(13-3-1)51-54-52(37-24-23-33-22-21-32-11-4-5-14-38(32)46(33)30-37)56-53(55-51)45-19-10-20-48-50(45)44-28-26-36(31-49(44)57-48)35-25-27-43-41-17-7-6-15-39(41)40-16-8-9-18-42(40)47(43)29-35/h1-31H. The lowest BCUT2D eigenvalue weighted by molar-refractivity contribution is 0.669. The number of rotatable bonds is 4. The van der Waals surface area contributed by atoms with Gasteiger partial charge >= 0.3 is 0 Å². The number of nitrogens with zero attached hydrogens (tertiary/aromatic N) is 3. The summed E-state index contributed by atoms with van der Waals surface area (Å²) >= 11 is 0. The second kappa shape index (κ2) is 12.4. The predicted octanol–water partition coefficient (Wildman–Crippen LogP) is 14.2. The molecule has 0 saturated carbocycles. The van der Waals surface area contributed by atoms with E-state index in [2.05, 4.69) is 146 Å². The van der Waals surface area contributed by atoms with Crippen LogP contribution in [0.15, 0.2) is 192 Å². The lowest BCUT2D eigenvalue weighted by Crippen LogP contribution is -2.00. The minimum atomic E-state index is 0.600. The summed E-state index contributed by atoms with van der Waals surface area (Å²) in [6.07, 6.45) is 0. The van der Waals surface area contributed by atoms with E-state index < -0.39 is 0 Å². The molecule has 12 aromatic rings. The molecule has 0 radical (unpaired) electrons. The number of hydrogen-bond donors (Lipinski definition) is 0. The van der Waals surface area contributed by atoms with E-state index in [0.29, 0.717) is 17.5 Å². The molecule has 2 heterocycles. The van der Waals surface area contributed by atoms with Gasteiger partial charge in [-0.2, -0.15) is 0 Å². The van der Waals surface area contributed by atoms with Crippen LogP contribution in [-0.2, 0) is 0 Å². The van der Waals surface area contributed by atoms with E-state index in [9.17, 15) is 0 Å². The second-order valence-electron chi connectivity index (χ2n) is 14.7. The highest BCUT2D eigenvalue weighted by Crippen LogP contribution is 2.41. The molecule has 0 aliphatic heterocycles. The molecule has 4 heteroatoms. The molecule has 57 heavy (non-hydrogen) atoms. The normalized spacial score (nSPS) is 11.9. The SMILES string of the molecule is c1ccc(-c2nc(-c3ccc4ccc5ccccc5c4c3)nc(-c3cccc4oc5cc(-c6ccc7c8ccccc8c8ccccc8c7c6)ccc5c34)n2)cc1. The molecule has 0 saturated heterocycles. The van der Waals surface area contributed by atoms with E-state index in [4.69, 9.17) is 19.4 Å². The first-order valence-electron chi connectivity index (χ1n) is 19.3. The topological polar surface area (TPSA) is 51.8 Å². The van der Waals surface area contributed by atoms with Crippen LogP contribution in [0.4, 0.5) is 0 Å². The van der Waals surface area contributed by atoms with Crippen LogP contribution >= 0.6 is 0 Å². The molecule has 10 aromatic carbocycles. The fraction of sp³-hybridized carbons (Fsp3) is 0. The van der Waals surface area contributed by atoms with Crippen LogP contribution in [0, 0.1) is 0 Å². The van der Waals surface area contributed by atoms with Gasteiger partial charge in [-0.1, -0.05) is 158 Å². The third-order valence-electron chi connectivity index (χ3n) is 11.5. The van der Waals surface area contributed by atoms with Gasteiger partial charge < -0.3 is 4.42 Å². The summed E-state index contributed by atoms with van der Waals surface area (Å²) in [7, 11) is 0. The third kappa shape index (κ3) is 5.04. The van der Waals surface area contributed by atoms with Crippen molar-refractivity contribution in [3.63, 3.8) is 0 Å². The van der Waals surface area contributed by atoms with Gasteiger partial charge in [-0.15, -0.1) is 0 Å². The molecule has 0 unspecified atom stereocenters. The van der Waals surface area contributed by atoms with Crippen molar-refractivity contribution in [2.24, 2.45) is 0 Å². The summed E-state index contributed by atoms with van der Waals surface area (Å²) in [6, 6.07) is 66.4. The Bertz CT molecular complexity index is 3550. The average molecular weight is 726 g/mol. The van der Waals surface area contributed by atoms with Crippen molar-refractivity contribution < 1.29 is 4.42 Å². The van der Waals surface area contributed by atoms with Crippen molar-refractivity contribution in [3.8, 4) is 45.3 Å².